The van der Waals surface area contributed by atoms with E-state index in [-0.39, 0.29) is 18.9 Å². The fourth-order valence-corrected chi connectivity index (χ4v) is 3.32. The Labute approximate surface area is 117 Å². The van der Waals surface area contributed by atoms with E-state index in [0.717, 1.165) is 16.7 Å². The van der Waals surface area contributed by atoms with Crippen LogP contribution in [0.15, 0.2) is 18.2 Å². The van der Waals surface area contributed by atoms with Crippen LogP contribution in [0, 0.1) is 13.8 Å². The zero-order valence-corrected chi connectivity index (χ0v) is 12.5. The Balaban J connectivity index is 2.17. The lowest BCUT2D eigenvalue weighted by Gasteiger charge is -2.18. The summed E-state index contributed by atoms with van der Waals surface area (Å²) in [4.78, 5) is 13.4. The van der Waals surface area contributed by atoms with Crippen molar-refractivity contribution in [1.29, 1.82) is 0 Å². The molecule has 1 unspecified atom stereocenters. The van der Waals surface area contributed by atoms with E-state index in [1.165, 1.54) is 0 Å². The van der Waals surface area contributed by atoms with Crippen molar-refractivity contribution in [2.75, 3.05) is 6.54 Å². The van der Waals surface area contributed by atoms with Gasteiger partial charge in [-0.3, -0.25) is 4.79 Å². The Morgan fingerprint density at radius 3 is 2.63 bits per heavy atom. The molecule has 1 aromatic carbocycles. The maximum absolute atomic E-state index is 11.8. The van der Waals surface area contributed by atoms with Crippen LogP contribution in [0.5, 0.6) is 0 Å². The van der Waals surface area contributed by atoms with Gasteiger partial charge < -0.3 is 4.90 Å². The molecular formula is C13H16ClNO3S. The first-order valence-electron chi connectivity index (χ1n) is 6.05. The van der Waals surface area contributed by atoms with Crippen molar-refractivity contribution in [3.8, 4) is 0 Å². The third-order valence-electron chi connectivity index (χ3n) is 3.66. The highest BCUT2D eigenvalue weighted by Crippen LogP contribution is 2.24. The largest absolute Gasteiger partial charge is 0.337 e. The van der Waals surface area contributed by atoms with Crippen molar-refractivity contribution in [2.24, 2.45) is 0 Å². The van der Waals surface area contributed by atoms with E-state index in [0.29, 0.717) is 6.54 Å². The van der Waals surface area contributed by atoms with Gasteiger partial charge in [-0.15, -0.1) is 0 Å². The number of carbonyl (C=O) groups is 1. The molecule has 0 spiro atoms. The first kappa shape index (κ1) is 14.3. The van der Waals surface area contributed by atoms with E-state index in [4.69, 9.17) is 10.7 Å². The molecule has 1 saturated heterocycles. The van der Waals surface area contributed by atoms with Crippen molar-refractivity contribution in [2.45, 2.75) is 32.1 Å². The van der Waals surface area contributed by atoms with Gasteiger partial charge in [0.1, 0.15) is 5.25 Å². The van der Waals surface area contributed by atoms with Crippen molar-refractivity contribution >= 4 is 25.6 Å². The number of hydrogen-bond acceptors (Lipinski definition) is 3. The first-order valence-corrected chi connectivity index (χ1v) is 8.42. The summed E-state index contributed by atoms with van der Waals surface area (Å²) in [6.45, 7) is 4.63. The molecule has 104 valence electrons. The molecule has 1 fully saturated rings. The molecular weight excluding hydrogens is 286 g/mol. The van der Waals surface area contributed by atoms with Gasteiger partial charge in [-0.2, -0.15) is 0 Å². The van der Waals surface area contributed by atoms with Crippen LogP contribution in [-0.4, -0.2) is 31.0 Å². The molecule has 0 saturated carbocycles. The molecule has 1 aliphatic heterocycles. The highest BCUT2D eigenvalue weighted by Gasteiger charge is 2.37. The average Bonchev–Trinajstić information content (AvgIpc) is 2.67. The first-order chi connectivity index (χ1) is 8.79. The third kappa shape index (κ3) is 3.09. The predicted octanol–water partition coefficient (Wildman–Crippen LogP) is 1.97. The van der Waals surface area contributed by atoms with Crippen molar-refractivity contribution < 1.29 is 13.2 Å². The Morgan fingerprint density at radius 2 is 2.05 bits per heavy atom. The zero-order valence-electron chi connectivity index (χ0n) is 10.9. The van der Waals surface area contributed by atoms with E-state index < -0.39 is 14.3 Å². The van der Waals surface area contributed by atoms with Crippen LogP contribution in [0.3, 0.4) is 0 Å². The summed E-state index contributed by atoms with van der Waals surface area (Å²) < 4.78 is 22.6. The fourth-order valence-electron chi connectivity index (χ4n) is 2.27. The number of aryl methyl sites for hydroxylation is 1. The molecule has 0 aliphatic carbocycles. The second-order valence-electron chi connectivity index (χ2n) is 4.93. The van der Waals surface area contributed by atoms with E-state index in [9.17, 15) is 13.2 Å². The normalized spacial score (nSPS) is 20.1. The van der Waals surface area contributed by atoms with Gasteiger partial charge in [0.15, 0.2) is 0 Å². The van der Waals surface area contributed by atoms with Gasteiger partial charge in [0, 0.05) is 30.2 Å². The standard InChI is InChI=1S/C13H16ClNO3S/c1-9-4-3-5-11(10(9)2)7-15-8-12(6-13(15)16)19(14,17)18/h3-5,12H,6-8H2,1-2H3. The Hall–Kier alpha value is -1.07. The molecule has 1 heterocycles. The summed E-state index contributed by atoms with van der Waals surface area (Å²) in [7, 11) is 1.65. The summed E-state index contributed by atoms with van der Waals surface area (Å²) >= 11 is 0. The van der Waals surface area contributed by atoms with Gasteiger partial charge in [0.25, 0.3) is 0 Å². The minimum atomic E-state index is -3.67. The smallest absolute Gasteiger partial charge is 0.237 e. The molecule has 0 radical (unpaired) electrons. The maximum atomic E-state index is 11.8. The lowest BCUT2D eigenvalue weighted by atomic mass is 10.0. The average molecular weight is 302 g/mol. The number of likely N-dealkylation sites (tertiary alicyclic amines) is 1. The van der Waals surface area contributed by atoms with E-state index in [2.05, 4.69) is 0 Å². The van der Waals surface area contributed by atoms with Gasteiger partial charge in [-0.05, 0) is 30.5 Å². The minimum absolute atomic E-state index is 0.0172. The fraction of sp³-hybridized carbons (Fsp3) is 0.462. The number of carbonyl (C=O) groups excluding carboxylic acids is 1. The topological polar surface area (TPSA) is 54.5 Å². The molecule has 6 heteroatoms. The summed E-state index contributed by atoms with van der Waals surface area (Å²) in [5.74, 6) is -0.157. The summed E-state index contributed by atoms with van der Waals surface area (Å²) in [5.41, 5.74) is 3.33. The SMILES string of the molecule is Cc1cccc(CN2CC(S(=O)(=O)Cl)CC2=O)c1C. The maximum Gasteiger partial charge on any atom is 0.237 e. The minimum Gasteiger partial charge on any atom is -0.337 e. The highest BCUT2D eigenvalue weighted by molar-refractivity contribution is 8.14. The van der Waals surface area contributed by atoms with Gasteiger partial charge >= 0.3 is 0 Å². The van der Waals surface area contributed by atoms with Crippen LogP contribution in [0.25, 0.3) is 0 Å². The summed E-state index contributed by atoms with van der Waals surface area (Å²) in [5, 5.41) is -0.785. The molecule has 1 aliphatic rings. The van der Waals surface area contributed by atoms with Gasteiger partial charge in [0.2, 0.25) is 15.0 Å². The van der Waals surface area contributed by atoms with Crippen LogP contribution < -0.4 is 0 Å². The number of hydrogen-bond donors (Lipinski definition) is 0. The van der Waals surface area contributed by atoms with Crippen LogP contribution >= 0.6 is 10.7 Å². The Morgan fingerprint density at radius 1 is 1.37 bits per heavy atom. The van der Waals surface area contributed by atoms with Crippen molar-refractivity contribution in [3.05, 3.63) is 34.9 Å². The molecule has 1 aromatic rings. The molecule has 0 aromatic heterocycles. The second kappa shape index (κ2) is 5.13. The quantitative estimate of drug-likeness (QED) is 0.802. The molecule has 1 atom stereocenters. The molecule has 0 bridgehead atoms. The van der Waals surface area contributed by atoms with Gasteiger partial charge in [0.05, 0.1) is 0 Å². The van der Waals surface area contributed by atoms with Crippen molar-refractivity contribution in [1.82, 2.24) is 4.90 Å². The van der Waals surface area contributed by atoms with Crippen LogP contribution in [0.4, 0.5) is 0 Å². The second-order valence-corrected chi connectivity index (χ2v) is 7.84. The van der Waals surface area contributed by atoms with Crippen LogP contribution in [0.2, 0.25) is 0 Å². The van der Waals surface area contributed by atoms with Crippen LogP contribution in [0.1, 0.15) is 23.1 Å². The third-order valence-corrected chi connectivity index (χ3v) is 5.52. The number of amides is 1. The van der Waals surface area contributed by atoms with E-state index in [1.807, 2.05) is 32.0 Å². The monoisotopic (exact) mass is 301 g/mol. The van der Waals surface area contributed by atoms with Crippen LogP contribution in [-0.2, 0) is 20.4 Å². The number of benzene rings is 1. The van der Waals surface area contributed by atoms with Gasteiger partial charge in [-0.1, -0.05) is 18.2 Å². The summed E-state index contributed by atoms with van der Waals surface area (Å²) in [6.07, 6.45) is -0.0172. The molecule has 1 amide bonds. The van der Waals surface area contributed by atoms with E-state index in [1.54, 1.807) is 4.90 Å². The number of rotatable bonds is 3. The number of halogens is 1. The highest BCUT2D eigenvalue weighted by atomic mass is 35.7. The Bertz CT molecular complexity index is 612. The van der Waals surface area contributed by atoms with Crippen molar-refractivity contribution in [3.63, 3.8) is 0 Å². The van der Waals surface area contributed by atoms with Gasteiger partial charge in [-0.25, -0.2) is 8.42 Å². The zero-order chi connectivity index (χ0) is 14.2. The molecule has 0 N–H and O–H groups in total. The summed E-state index contributed by atoms with van der Waals surface area (Å²) in [6, 6.07) is 5.91. The lowest BCUT2D eigenvalue weighted by molar-refractivity contribution is -0.128. The molecule has 4 nitrogen and oxygen atoms in total. The lowest BCUT2D eigenvalue weighted by Crippen LogP contribution is -2.27. The Kier molecular flexibility index (Phi) is 3.87. The van der Waals surface area contributed by atoms with E-state index >= 15 is 0 Å². The molecule has 19 heavy (non-hydrogen) atoms. The number of nitrogens with zero attached hydrogens (tertiary/aromatic N) is 1. The predicted molar refractivity (Wildman–Crippen MR) is 74.5 cm³/mol. The molecule has 2 rings (SSSR count).